The SMILES string of the molecule is CCNc1nc(NCc2cccc(C)n2)c2ccsc2n1. The van der Waals surface area contributed by atoms with Crippen LogP contribution >= 0.6 is 11.3 Å². The van der Waals surface area contributed by atoms with Crippen molar-refractivity contribution in [2.75, 3.05) is 17.2 Å². The number of thiophene rings is 1. The highest BCUT2D eigenvalue weighted by Crippen LogP contribution is 2.26. The summed E-state index contributed by atoms with van der Waals surface area (Å²) in [6.07, 6.45) is 0. The van der Waals surface area contributed by atoms with Gasteiger partial charge in [-0.25, -0.2) is 4.98 Å². The van der Waals surface area contributed by atoms with E-state index in [9.17, 15) is 0 Å². The summed E-state index contributed by atoms with van der Waals surface area (Å²) in [6.45, 7) is 5.48. The second-order valence-electron chi connectivity index (χ2n) is 4.69. The van der Waals surface area contributed by atoms with E-state index < -0.39 is 0 Å². The molecular formula is C15H17N5S. The van der Waals surface area contributed by atoms with Gasteiger partial charge in [-0.3, -0.25) is 4.98 Å². The van der Waals surface area contributed by atoms with E-state index in [4.69, 9.17) is 0 Å². The fraction of sp³-hybridized carbons (Fsp3) is 0.267. The van der Waals surface area contributed by atoms with Crippen LogP contribution < -0.4 is 10.6 Å². The first-order valence-corrected chi connectivity index (χ1v) is 7.79. The largest absolute Gasteiger partial charge is 0.364 e. The van der Waals surface area contributed by atoms with Crippen molar-refractivity contribution in [3.63, 3.8) is 0 Å². The molecule has 6 heteroatoms. The van der Waals surface area contributed by atoms with E-state index in [0.29, 0.717) is 12.5 Å². The van der Waals surface area contributed by atoms with Crippen LogP contribution in [0.15, 0.2) is 29.6 Å². The first-order chi connectivity index (χ1) is 10.3. The van der Waals surface area contributed by atoms with Crippen LogP contribution in [0, 0.1) is 6.92 Å². The highest BCUT2D eigenvalue weighted by atomic mass is 32.1. The van der Waals surface area contributed by atoms with Gasteiger partial charge in [-0.15, -0.1) is 11.3 Å². The Morgan fingerprint density at radius 2 is 2.00 bits per heavy atom. The fourth-order valence-corrected chi connectivity index (χ4v) is 2.86. The predicted molar refractivity (Wildman–Crippen MR) is 87.9 cm³/mol. The molecule has 0 aliphatic carbocycles. The average molecular weight is 299 g/mol. The standard InChI is InChI=1S/C15H17N5S/c1-3-16-15-19-13(12-7-8-21-14(12)20-15)17-9-11-6-4-5-10(2)18-11/h4-8H,3,9H2,1-2H3,(H2,16,17,19,20). The second kappa shape index (κ2) is 6.05. The maximum Gasteiger partial charge on any atom is 0.226 e. The van der Waals surface area contributed by atoms with Crippen molar-refractivity contribution in [3.8, 4) is 0 Å². The zero-order chi connectivity index (χ0) is 14.7. The summed E-state index contributed by atoms with van der Waals surface area (Å²) in [5.74, 6) is 1.51. The van der Waals surface area contributed by atoms with Gasteiger partial charge in [-0.1, -0.05) is 6.07 Å². The highest BCUT2D eigenvalue weighted by molar-refractivity contribution is 7.16. The third kappa shape index (κ3) is 3.11. The molecule has 0 spiro atoms. The van der Waals surface area contributed by atoms with Crippen LogP contribution in [0.2, 0.25) is 0 Å². The van der Waals surface area contributed by atoms with Crippen molar-refractivity contribution in [2.45, 2.75) is 20.4 Å². The molecule has 0 aliphatic heterocycles. The van der Waals surface area contributed by atoms with E-state index in [2.05, 4.69) is 25.6 Å². The lowest BCUT2D eigenvalue weighted by Gasteiger charge is -2.09. The number of aryl methyl sites for hydroxylation is 1. The Bertz CT molecular complexity index is 753. The zero-order valence-corrected chi connectivity index (χ0v) is 12.9. The van der Waals surface area contributed by atoms with Crippen molar-refractivity contribution in [1.29, 1.82) is 0 Å². The summed E-state index contributed by atoms with van der Waals surface area (Å²) < 4.78 is 0. The van der Waals surface area contributed by atoms with Crippen molar-refractivity contribution < 1.29 is 0 Å². The van der Waals surface area contributed by atoms with Gasteiger partial charge in [0.1, 0.15) is 10.6 Å². The lowest BCUT2D eigenvalue weighted by atomic mass is 10.3. The van der Waals surface area contributed by atoms with E-state index in [1.54, 1.807) is 11.3 Å². The molecule has 0 atom stereocenters. The van der Waals surface area contributed by atoms with Crippen molar-refractivity contribution in [2.24, 2.45) is 0 Å². The summed E-state index contributed by atoms with van der Waals surface area (Å²) in [6, 6.07) is 8.07. The van der Waals surface area contributed by atoms with Crippen LogP contribution in [-0.2, 0) is 6.54 Å². The fourth-order valence-electron chi connectivity index (χ4n) is 2.10. The molecule has 0 saturated carbocycles. The van der Waals surface area contributed by atoms with E-state index in [1.807, 2.05) is 43.5 Å². The number of hydrogen-bond donors (Lipinski definition) is 2. The summed E-state index contributed by atoms with van der Waals surface area (Å²) in [4.78, 5) is 14.5. The summed E-state index contributed by atoms with van der Waals surface area (Å²) in [5.41, 5.74) is 2.02. The summed E-state index contributed by atoms with van der Waals surface area (Å²) in [5, 5.41) is 9.62. The van der Waals surface area contributed by atoms with Gasteiger partial charge < -0.3 is 10.6 Å². The molecule has 0 saturated heterocycles. The van der Waals surface area contributed by atoms with Gasteiger partial charge >= 0.3 is 0 Å². The van der Waals surface area contributed by atoms with Crippen LogP contribution in [0.25, 0.3) is 10.2 Å². The molecule has 0 amide bonds. The van der Waals surface area contributed by atoms with Gasteiger partial charge in [-0.2, -0.15) is 4.98 Å². The molecule has 0 radical (unpaired) electrons. The lowest BCUT2D eigenvalue weighted by Crippen LogP contribution is -2.07. The molecule has 3 aromatic rings. The molecule has 3 aromatic heterocycles. The molecule has 5 nitrogen and oxygen atoms in total. The predicted octanol–water partition coefficient (Wildman–Crippen LogP) is 3.44. The van der Waals surface area contributed by atoms with Gasteiger partial charge in [0.2, 0.25) is 5.95 Å². The number of nitrogens with one attached hydrogen (secondary N) is 2. The van der Waals surface area contributed by atoms with Gasteiger partial charge in [-0.05, 0) is 37.4 Å². The summed E-state index contributed by atoms with van der Waals surface area (Å²) in [7, 11) is 0. The van der Waals surface area contributed by atoms with Gasteiger partial charge in [0.15, 0.2) is 0 Å². The molecule has 3 rings (SSSR count). The van der Waals surface area contributed by atoms with Crippen molar-refractivity contribution in [1.82, 2.24) is 15.0 Å². The quantitative estimate of drug-likeness (QED) is 0.755. The lowest BCUT2D eigenvalue weighted by molar-refractivity contribution is 1.00. The molecule has 0 aliphatic rings. The highest BCUT2D eigenvalue weighted by Gasteiger charge is 2.08. The number of rotatable bonds is 5. The van der Waals surface area contributed by atoms with Crippen LogP contribution in [0.1, 0.15) is 18.3 Å². The van der Waals surface area contributed by atoms with E-state index >= 15 is 0 Å². The molecule has 0 bridgehead atoms. The zero-order valence-electron chi connectivity index (χ0n) is 12.1. The van der Waals surface area contributed by atoms with Gasteiger partial charge in [0.25, 0.3) is 0 Å². The van der Waals surface area contributed by atoms with E-state index in [1.165, 1.54) is 0 Å². The maximum atomic E-state index is 4.55. The topological polar surface area (TPSA) is 62.7 Å². The van der Waals surface area contributed by atoms with Crippen LogP contribution in [0.5, 0.6) is 0 Å². The van der Waals surface area contributed by atoms with Crippen molar-refractivity contribution >= 4 is 33.3 Å². The number of pyridine rings is 1. The molecule has 3 heterocycles. The minimum atomic E-state index is 0.648. The van der Waals surface area contributed by atoms with Crippen molar-refractivity contribution in [3.05, 3.63) is 41.0 Å². The smallest absolute Gasteiger partial charge is 0.226 e. The first-order valence-electron chi connectivity index (χ1n) is 6.92. The third-order valence-corrected chi connectivity index (χ3v) is 3.85. The number of fused-ring (bicyclic) bond motifs is 1. The number of anilines is 2. The molecule has 0 aromatic carbocycles. The molecule has 2 N–H and O–H groups in total. The number of aromatic nitrogens is 3. The van der Waals surface area contributed by atoms with Gasteiger partial charge in [0.05, 0.1) is 17.6 Å². The minimum Gasteiger partial charge on any atom is -0.364 e. The normalized spacial score (nSPS) is 10.8. The molecule has 0 fully saturated rings. The number of hydrogen-bond acceptors (Lipinski definition) is 6. The van der Waals surface area contributed by atoms with Crippen LogP contribution in [-0.4, -0.2) is 21.5 Å². The Hall–Kier alpha value is -2.21. The number of nitrogens with zero attached hydrogens (tertiary/aromatic N) is 3. The Morgan fingerprint density at radius 1 is 1.10 bits per heavy atom. The molecule has 108 valence electrons. The Kier molecular flexibility index (Phi) is 3.96. The maximum absolute atomic E-state index is 4.55. The van der Waals surface area contributed by atoms with E-state index in [0.717, 1.165) is 34.0 Å². The minimum absolute atomic E-state index is 0.648. The monoisotopic (exact) mass is 299 g/mol. The summed E-state index contributed by atoms with van der Waals surface area (Å²) >= 11 is 1.62. The van der Waals surface area contributed by atoms with E-state index in [-0.39, 0.29) is 0 Å². The first kappa shape index (κ1) is 13.8. The van der Waals surface area contributed by atoms with Crippen LogP contribution in [0.4, 0.5) is 11.8 Å². The average Bonchev–Trinajstić information content (AvgIpc) is 2.93. The van der Waals surface area contributed by atoms with Gasteiger partial charge in [0, 0.05) is 12.2 Å². The molecule has 0 unspecified atom stereocenters. The Morgan fingerprint density at radius 3 is 2.81 bits per heavy atom. The Balaban J connectivity index is 1.86. The molecular weight excluding hydrogens is 282 g/mol. The van der Waals surface area contributed by atoms with Crippen LogP contribution in [0.3, 0.4) is 0 Å². The molecule has 21 heavy (non-hydrogen) atoms. The Labute approximate surface area is 127 Å². The second-order valence-corrected chi connectivity index (χ2v) is 5.58. The third-order valence-electron chi connectivity index (χ3n) is 3.04.